The summed E-state index contributed by atoms with van der Waals surface area (Å²) in [6.07, 6.45) is -2.37. The van der Waals surface area contributed by atoms with Crippen molar-refractivity contribution in [3.8, 4) is 0 Å². The molecule has 0 aromatic rings. The number of esters is 3. The summed E-state index contributed by atoms with van der Waals surface area (Å²) in [6, 6.07) is 0. The Morgan fingerprint density at radius 3 is 2.38 bits per heavy atom. The molecule has 264 valence electrons. The van der Waals surface area contributed by atoms with Crippen LogP contribution in [0.2, 0.25) is 0 Å². The van der Waals surface area contributed by atoms with E-state index in [4.69, 9.17) is 42.6 Å². The van der Waals surface area contributed by atoms with E-state index in [2.05, 4.69) is 6.58 Å². The van der Waals surface area contributed by atoms with Gasteiger partial charge in [-0.05, 0) is 26.3 Å². The van der Waals surface area contributed by atoms with Crippen LogP contribution >= 0.6 is 0 Å². The van der Waals surface area contributed by atoms with E-state index in [1.54, 1.807) is 6.92 Å². The minimum absolute atomic E-state index is 0.0445. The Bertz CT molecular complexity index is 1530. The van der Waals surface area contributed by atoms with Crippen molar-refractivity contribution in [1.29, 1.82) is 0 Å². The zero-order chi connectivity index (χ0) is 34.6. The molecule has 16 atom stereocenters. The molecule has 0 amide bonds. The Morgan fingerprint density at radius 2 is 1.73 bits per heavy atom. The Kier molecular flexibility index (Phi) is 6.52. The van der Waals surface area contributed by atoms with E-state index < -0.39 is 111 Å². The first-order chi connectivity index (χ1) is 22.5. The van der Waals surface area contributed by atoms with Crippen LogP contribution in [-0.2, 0) is 57.0 Å². The molecule has 0 aromatic heterocycles. The number of ether oxygens (including phenoxy) is 9. The third-order valence-corrected chi connectivity index (χ3v) is 13.9. The first kappa shape index (κ1) is 32.6. The first-order valence-corrected chi connectivity index (χ1v) is 16.5. The highest BCUT2D eigenvalue weighted by Gasteiger charge is 2.94. The van der Waals surface area contributed by atoms with Crippen molar-refractivity contribution < 1.29 is 67.2 Å². The van der Waals surface area contributed by atoms with Crippen LogP contribution in [0.1, 0.15) is 47.5 Å². The van der Waals surface area contributed by atoms with E-state index in [9.17, 15) is 24.6 Å². The largest absolute Gasteiger partial charge is 0.469 e. The van der Waals surface area contributed by atoms with Crippen LogP contribution in [-0.4, -0.2) is 115 Å². The molecule has 1 spiro atoms. The highest BCUT2D eigenvalue weighted by Crippen LogP contribution is 2.81. The average Bonchev–Trinajstić information content (AvgIpc) is 3.78. The highest BCUT2D eigenvalue weighted by molar-refractivity contribution is 5.87. The SMILES string of the molecule is C=C(C)C(=O)O[C@@H]1C[C@H](OC(C)=O)[C@]2(C)CO[C@H]3[C@H]2[C@@]12CO[C@@](OC)(C(=O)OC)[C@@H]2[C@]1(C)[C@H]3O[C@@]2(C)[C@@H]3C[C@@H](O[C@H]4OC=C[C@]43O)[C@@]12O. The van der Waals surface area contributed by atoms with Crippen LogP contribution in [0.5, 0.6) is 0 Å². The molecule has 3 saturated carbocycles. The number of hydrogen-bond donors (Lipinski definition) is 2. The fraction of sp³-hybridized carbons (Fsp3) is 0.794. The maximum absolute atomic E-state index is 14.1. The van der Waals surface area contributed by atoms with E-state index >= 15 is 0 Å². The van der Waals surface area contributed by atoms with Crippen LogP contribution in [0.3, 0.4) is 0 Å². The molecular formula is C34H44O14. The lowest BCUT2D eigenvalue weighted by Crippen LogP contribution is -2.78. The van der Waals surface area contributed by atoms with Gasteiger partial charge in [0, 0.05) is 60.0 Å². The summed E-state index contributed by atoms with van der Waals surface area (Å²) in [5.41, 5.74) is -8.56. The number of carbonyl (C=O) groups is 3. The van der Waals surface area contributed by atoms with Crippen LogP contribution in [0.25, 0.3) is 0 Å². The maximum Gasteiger partial charge on any atom is 0.366 e. The van der Waals surface area contributed by atoms with Crippen molar-refractivity contribution in [2.24, 2.45) is 34.0 Å². The summed E-state index contributed by atoms with van der Waals surface area (Å²) in [6.45, 7) is 12.1. The molecule has 14 heteroatoms. The zero-order valence-corrected chi connectivity index (χ0v) is 28.2. The molecule has 3 aliphatic carbocycles. The Labute approximate surface area is 277 Å². The third-order valence-electron chi connectivity index (χ3n) is 13.9. The van der Waals surface area contributed by atoms with Crippen molar-refractivity contribution >= 4 is 17.9 Å². The molecule has 8 aliphatic rings. The number of aliphatic hydroxyl groups is 2. The van der Waals surface area contributed by atoms with Gasteiger partial charge in [0.05, 0.1) is 44.9 Å². The molecule has 5 heterocycles. The van der Waals surface area contributed by atoms with Gasteiger partial charge in [-0.1, -0.05) is 20.4 Å². The molecule has 0 unspecified atom stereocenters. The molecule has 5 aliphatic heterocycles. The molecule has 4 saturated heterocycles. The second-order valence-corrected chi connectivity index (χ2v) is 15.7. The van der Waals surface area contributed by atoms with Gasteiger partial charge in [-0.3, -0.25) is 4.79 Å². The third kappa shape index (κ3) is 3.23. The van der Waals surface area contributed by atoms with Crippen LogP contribution in [0.15, 0.2) is 24.5 Å². The summed E-state index contributed by atoms with van der Waals surface area (Å²) in [7, 11) is 2.55. The monoisotopic (exact) mass is 676 g/mol. The van der Waals surface area contributed by atoms with Crippen molar-refractivity contribution in [3.05, 3.63) is 24.5 Å². The van der Waals surface area contributed by atoms with Gasteiger partial charge in [-0.25, -0.2) is 9.59 Å². The Hall–Kier alpha value is -2.59. The van der Waals surface area contributed by atoms with E-state index in [-0.39, 0.29) is 31.6 Å². The van der Waals surface area contributed by atoms with Crippen LogP contribution in [0.4, 0.5) is 0 Å². The number of rotatable bonds is 5. The standard InChI is InChI=1S/C34H44O14/c1-15(2)24(36)46-19-12-18(45-16(3)35)28(4)13-43-21-22(28)31(19)14-44-33(41-8,26(37)40-7)25(31)29(5)23(21)48-30(6)17-11-20(34(29,30)39)47-27-32(17,38)9-10-42-27/h9-10,17-23,25,27,38-39H,1,11-14H2,2-8H3/t17-,18-,19+,20+,21-,22+,23-,25+,27+,28-,29-,30-,31+,32+,33+,34+/m0/s1. The minimum atomic E-state index is -2.12. The van der Waals surface area contributed by atoms with E-state index in [1.165, 1.54) is 40.4 Å². The fourth-order valence-electron chi connectivity index (χ4n) is 12.2. The number of methoxy groups -OCH3 is 2. The van der Waals surface area contributed by atoms with Crippen LogP contribution in [0, 0.1) is 34.0 Å². The van der Waals surface area contributed by atoms with Crippen molar-refractivity contribution in [1.82, 2.24) is 0 Å². The molecule has 48 heavy (non-hydrogen) atoms. The summed E-state index contributed by atoms with van der Waals surface area (Å²) >= 11 is 0. The second-order valence-electron chi connectivity index (χ2n) is 15.7. The molecule has 8 rings (SSSR count). The van der Waals surface area contributed by atoms with E-state index in [1.807, 2.05) is 13.8 Å². The molecule has 2 bridgehead atoms. The Balaban J connectivity index is 1.41. The summed E-state index contributed by atoms with van der Waals surface area (Å²) < 4.78 is 56.2. The summed E-state index contributed by atoms with van der Waals surface area (Å²) in [4.78, 5) is 40.1. The van der Waals surface area contributed by atoms with Gasteiger partial charge in [0.2, 0.25) is 6.29 Å². The maximum atomic E-state index is 14.1. The summed E-state index contributed by atoms with van der Waals surface area (Å²) in [5.74, 6) is -6.61. The normalized spacial score (nSPS) is 56.2. The lowest BCUT2D eigenvalue weighted by Gasteiger charge is -2.66. The van der Waals surface area contributed by atoms with Gasteiger partial charge in [-0.15, -0.1) is 0 Å². The van der Waals surface area contributed by atoms with Crippen molar-refractivity contribution in [2.75, 3.05) is 27.4 Å². The number of fused-ring (bicyclic) bond motifs is 11. The van der Waals surface area contributed by atoms with Gasteiger partial charge in [-0.2, -0.15) is 0 Å². The van der Waals surface area contributed by atoms with Gasteiger partial charge in [0.25, 0.3) is 5.79 Å². The quantitative estimate of drug-likeness (QED) is 0.239. The number of carbonyl (C=O) groups excluding carboxylic acids is 3. The lowest BCUT2D eigenvalue weighted by atomic mass is 9.37. The molecule has 14 nitrogen and oxygen atoms in total. The lowest BCUT2D eigenvalue weighted by molar-refractivity contribution is -0.318. The van der Waals surface area contributed by atoms with Gasteiger partial charge >= 0.3 is 17.9 Å². The zero-order valence-electron chi connectivity index (χ0n) is 28.2. The van der Waals surface area contributed by atoms with E-state index in [0.717, 1.165) is 0 Å². The summed E-state index contributed by atoms with van der Waals surface area (Å²) in [5, 5.41) is 25.6. The number of hydrogen-bond acceptors (Lipinski definition) is 14. The molecule has 7 fully saturated rings. The highest BCUT2D eigenvalue weighted by atomic mass is 16.7. The van der Waals surface area contributed by atoms with Gasteiger partial charge in [0.1, 0.15) is 23.4 Å². The fourth-order valence-corrected chi connectivity index (χ4v) is 12.2. The predicted molar refractivity (Wildman–Crippen MR) is 158 cm³/mol. The molecular weight excluding hydrogens is 632 g/mol. The van der Waals surface area contributed by atoms with Crippen molar-refractivity contribution in [3.63, 3.8) is 0 Å². The molecule has 0 radical (unpaired) electrons. The smallest absolute Gasteiger partial charge is 0.366 e. The van der Waals surface area contributed by atoms with E-state index in [0.29, 0.717) is 0 Å². The first-order valence-electron chi connectivity index (χ1n) is 16.5. The van der Waals surface area contributed by atoms with Crippen LogP contribution < -0.4 is 0 Å². The Morgan fingerprint density at radius 1 is 1.00 bits per heavy atom. The topological polar surface area (TPSA) is 175 Å². The molecule has 0 aromatic carbocycles. The van der Waals surface area contributed by atoms with Gasteiger partial charge < -0.3 is 52.8 Å². The average molecular weight is 677 g/mol. The second kappa shape index (κ2) is 9.59. The van der Waals surface area contributed by atoms with Gasteiger partial charge in [0.15, 0.2) is 5.60 Å². The predicted octanol–water partition coefficient (Wildman–Crippen LogP) is 0.908. The minimum Gasteiger partial charge on any atom is -0.469 e. The van der Waals surface area contributed by atoms with Crippen molar-refractivity contribution in [2.45, 2.75) is 107 Å². The molecule has 2 N–H and O–H groups in total.